The van der Waals surface area contributed by atoms with E-state index >= 15 is 0 Å². The summed E-state index contributed by atoms with van der Waals surface area (Å²) in [5.74, 6) is 0.246. The molecule has 5 nitrogen and oxygen atoms in total. The number of carbonyl (C=O) groups is 1. The number of methoxy groups -OCH3 is 1. The minimum absolute atomic E-state index is 0.0135. The topological polar surface area (TPSA) is 71.2 Å². The molecule has 146 valence electrons. The summed E-state index contributed by atoms with van der Waals surface area (Å²) < 4.78 is 42.8. The van der Waals surface area contributed by atoms with Gasteiger partial charge in [0.15, 0.2) is 0 Å². The number of ether oxygens (including phenoxy) is 1. The zero-order valence-electron chi connectivity index (χ0n) is 14.9. The molecular weight excluding hydrogens is 373 g/mol. The van der Waals surface area contributed by atoms with E-state index in [2.05, 4.69) is 10.3 Å². The molecule has 0 fully saturated rings. The summed E-state index contributed by atoms with van der Waals surface area (Å²) >= 11 is 0. The van der Waals surface area contributed by atoms with E-state index in [0.717, 1.165) is 17.5 Å². The number of amides is 1. The van der Waals surface area contributed by atoms with Crippen molar-refractivity contribution in [2.75, 3.05) is 12.4 Å². The molecule has 2 N–H and O–H groups in total. The summed E-state index contributed by atoms with van der Waals surface area (Å²) in [6, 6.07) is 11.1. The summed E-state index contributed by atoms with van der Waals surface area (Å²) in [7, 11) is 1.54. The molecule has 3 rings (SSSR count). The van der Waals surface area contributed by atoms with E-state index in [1.165, 1.54) is 12.1 Å². The SMILES string of the molecule is COc1ccc2[nH]c(=O)c(CCC(=O)Nc3ccc(C(F)(F)F)cc3)cc2c1. The van der Waals surface area contributed by atoms with E-state index in [4.69, 9.17) is 4.74 Å². The van der Waals surface area contributed by atoms with Crippen molar-refractivity contribution in [2.24, 2.45) is 0 Å². The van der Waals surface area contributed by atoms with Crippen LogP contribution >= 0.6 is 0 Å². The summed E-state index contributed by atoms with van der Waals surface area (Å²) in [6.07, 6.45) is -4.23. The fourth-order valence-electron chi connectivity index (χ4n) is 2.76. The number of aromatic amines is 1. The lowest BCUT2D eigenvalue weighted by Gasteiger charge is -2.09. The van der Waals surface area contributed by atoms with Crippen molar-refractivity contribution in [1.29, 1.82) is 0 Å². The van der Waals surface area contributed by atoms with Gasteiger partial charge in [-0.15, -0.1) is 0 Å². The molecule has 0 atom stereocenters. The fourth-order valence-corrected chi connectivity index (χ4v) is 2.76. The summed E-state index contributed by atoms with van der Waals surface area (Å²) in [6.45, 7) is 0. The number of rotatable bonds is 5. The molecule has 0 aliphatic rings. The highest BCUT2D eigenvalue weighted by atomic mass is 19.4. The maximum absolute atomic E-state index is 12.6. The Kier molecular flexibility index (Phi) is 5.39. The highest BCUT2D eigenvalue weighted by Crippen LogP contribution is 2.29. The van der Waals surface area contributed by atoms with Crippen LogP contribution in [-0.2, 0) is 17.4 Å². The van der Waals surface area contributed by atoms with Crippen LogP contribution in [0.2, 0.25) is 0 Å². The lowest BCUT2D eigenvalue weighted by atomic mass is 10.1. The summed E-state index contributed by atoms with van der Waals surface area (Å²) in [5, 5.41) is 3.30. The lowest BCUT2D eigenvalue weighted by Crippen LogP contribution is -2.17. The van der Waals surface area contributed by atoms with E-state index in [-0.39, 0.29) is 24.1 Å². The van der Waals surface area contributed by atoms with Gasteiger partial charge in [-0.3, -0.25) is 9.59 Å². The van der Waals surface area contributed by atoms with E-state index < -0.39 is 17.6 Å². The van der Waals surface area contributed by atoms with Gasteiger partial charge in [0.1, 0.15) is 5.75 Å². The normalized spacial score (nSPS) is 11.4. The van der Waals surface area contributed by atoms with Gasteiger partial charge in [0.25, 0.3) is 5.56 Å². The first kappa shape index (κ1) is 19.5. The van der Waals surface area contributed by atoms with Crippen LogP contribution in [0.4, 0.5) is 18.9 Å². The predicted molar refractivity (Wildman–Crippen MR) is 99.5 cm³/mol. The zero-order chi connectivity index (χ0) is 20.3. The van der Waals surface area contributed by atoms with Crippen LogP contribution in [0, 0.1) is 0 Å². The lowest BCUT2D eigenvalue weighted by molar-refractivity contribution is -0.137. The molecule has 0 unspecified atom stereocenters. The Morgan fingerprint density at radius 1 is 1.11 bits per heavy atom. The number of nitrogens with one attached hydrogen (secondary N) is 2. The van der Waals surface area contributed by atoms with E-state index in [1.54, 1.807) is 31.4 Å². The number of anilines is 1. The highest BCUT2D eigenvalue weighted by molar-refractivity contribution is 5.91. The Bertz CT molecular complexity index is 1060. The van der Waals surface area contributed by atoms with Crippen molar-refractivity contribution < 1.29 is 22.7 Å². The Morgan fingerprint density at radius 2 is 1.82 bits per heavy atom. The van der Waals surface area contributed by atoms with Gasteiger partial charge in [-0.2, -0.15) is 13.2 Å². The van der Waals surface area contributed by atoms with Crippen molar-refractivity contribution in [3.8, 4) is 5.75 Å². The molecule has 8 heteroatoms. The minimum Gasteiger partial charge on any atom is -0.497 e. The first-order chi connectivity index (χ1) is 13.3. The quantitative estimate of drug-likeness (QED) is 0.688. The third-order valence-corrected chi connectivity index (χ3v) is 4.25. The minimum atomic E-state index is -4.43. The van der Waals surface area contributed by atoms with Crippen LogP contribution in [0.3, 0.4) is 0 Å². The number of carbonyl (C=O) groups excluding carboxylic acids is 1. The van der Waals surface area contributed by atoms with Crippen LogP contribution in [0.1, 0.15) is 17.5 Å². The Balaban J connectivity index is 1.67. The summed E-state index contributed by atoms with van der Waals surface area (Å²) in [5.41, 5.74) is 0.269. The largest absolute Gasteiger partial charge is 0.497 e. The van der Waals surface area contributed by atoms with Crippen LogP contribution in [0.5, 0.6) is 5.75 Å². The van der Waals surface area contributed by atoms with Crippen LogP contribution in [0.15, 0.2) is 53.3 Å². The highest BCUT2D eigenvalue weighted by Gasteiger charge is 2.29. The Labute approximate surface area is 158 Å². The number of H-pyrrole nitrogens is 1. The molecule has 3 aromatic rings. The number of halogens is 3. The third-order valence-electron chi connectivity index (χ3n) is 4.25. The number of hydrogen-bond acceptors (Lipinski definition) is 3. The number of aromatic nitrogens is 1. The smallest absolute Gasteiger partial charge is 0.416 e. The molecule has 0 radical (unpaired) electrons. The van der Waals surface area contributed by atoms with Gasteiger partial charge in [-0.05, 0) is 55.0 Å². The van der Waals surface area contributed by atoms with Gasteiger partial charge in [-0.25, -0.2) is 0 Å². The second kappa shape index (κ2) is 7.75. The molecule has 28 heavy (non-hydrogen) atoms. The molecule has 0 saturated heterocycles. The average Bonchev–Trinajstić information content (AvgIpc) is 2.65. The maximum atomic E-state index is 12.6. The zero-order valence-corrected chi connectivity index (χ0v) is 14.9. The van der Waals surface area contributed by atoms with Gasteiger partial charge >= 0.3 is 6.18 Å². The van der Waals surface area contributed by atoms with E-state index in [0.29, 0.717) is 16.8 Å². The molecule has 1 amide bonds. The number of benzene rings is 2. The number of fused-ring (bicyclic) bond motifs is 1. The standard InChI is InChI=1S/C20H17F3N2O3/c1-28-16-7-8-17-13(11-16)10-12(19(27)25-17)2-9-18(26)24-15-5-3-14(4-6-15)20(21,22)23/h3-8,10-11H,2,9H2,1H3,(H,24,26)(H,25,27). The van der Waals surface area contributed by atoms with Crippen molar-refractivity contribution >= 4 is 22.5 Å². The first-order valence-electron chi connectivity index (χ1n) is 8.43. The van der Waals surface area contributed by atoms with Crippen molar-refractivity contribution in [3.05, 3.63) is 70.0 Å². The number of hydrogen-bond donors (Lipinski definition) is 2. The fraction of sp³-hybridized carbons (Fsp3) is 0.200. The molecule has 0 spiro atoms. The van der Waals surface area contributed by atoms with Crippen LogP contribution in [-0.4, -0.2) is 18.0 Å². The molecule has 0 aliphatic heterocycles. The van der Waals surface area contributed by atoms with Gasteiger partial charge in [0.05, 0.1) is 12.7 Å². The van der Waals surface area contributed by atoms with Crippen molar-refractivity contribution in [2.45, 2.75) is 19.0 Å². The second-order valence-electron chi connectivity index (χ2n) is 6.20. The molecule has 2 aromatic carbocycles. The van der Waals surface area contributed by atoms with Gasteiger partial charge in [-0.1, -0.05) is 0 Å². The maximum Gasteiger partial charge on any atom is 0.416 e. The third kappa shape index (κ3) is 4.51. The monoisotopic (exact) mass is 390 g/mol. The first-order valence-corrected chi connectivity index (χ1v) is 8.43. The molecular formula is C20H17F3N2O3. The molecule has 1 aromatic heterocycles. The molecule has 0 saturated carbocycles. The summed E-state index contributed by atoms with van der Waals surface area (Å²) in [4.78, 5) is 27.0. The van der Waals surface area contributed by atoms with Crippen LogP contribution in [0.25, 0.3) is 10.9 Å². The van der Waals surface area contributed by atoms with E-state index in [1.807, 2.05) is 0 Å². The molecule has 1 heterocycles. The van der Waals surface area contributed by atoms with Crippen molar-refractivity contribution in [3.63, 3.8) is 0 Å². The average molecular weight is 390 g/mol. The van der Waals surface area contributed by atoms with Gasteiger partial charge in [0.2, 0.25) is 5.91 Å². The number of aryl methyl sites for hydroxylation is 1. The Morgan fingerprint density at radius 3 is 2.46 bits per heavy atom. The molecule has 0 aliphatic carbocycles. The van der Waals surface area contributed by atoms with Crippen molar-refractivity contribution in [1.82, 2.24) is 4.98 Å². The Hall–Kier alpha value is -3.29. The van der Waals surface area contributed by atoms with Crippen LogP contribution < -0.4 is 15.6 Å². The molecule has 0 bridgehead atoms. The van der Waals surface area contributed by atoms with E-state index in [9.17, 15) is 22.8 Å². The van der Waals surface area contributed by atoms with Gasteiger partial charge in [0, 0.05) is 28.6 Å². The van der Waals surface area contributed by atoms with Gasteiger partial charge < -0.3 is 15.0 Å². The number of alkyl halides is 3. The predicted octanol–water partition coefficient (Wildman–Crippen LogP) is 4.13. The second-order valence-corrected chi connectivity index (χ2v) is 6.20. The number of pyridine rings is 1.